The highest BCUT2D eigenvalue weighted by Crippen LogP contribution is 2.38. The lowest BCUT2D eigenvalue weighted by atomic mass is 9.74. The third kappa shape index (κ3) is 5.38. The van der Waals surface area contributed by atoms with Crippen LogP contribution in [0.2, 0.25) is 0 Å². The second-order valence-electron chi connectivity index (χ2n) is 5.92. The number of esters is 1. The molecule has 0 spiro atoms. The summed E-state index contributed by atoms with van der Waals surface area (Å²) >= 11 is 0. The normalized spacial score (nSPS) is 15.1. The van der Waals surface area contributed by atoms with Gasteiger partial charge in [-0.25, -0.2) is 4.79 Å². The number of unbranched alkanes of at least 4 members (excludes halogenated alkanes) is 3. The van der Waals surface area contributed by atoms with Crippen LogP contribution in [0.15, 0.2) is 12.7 Å². The van der Waals surface area contributed by atoms with Crippen molar-refractivity contribution >= 4 is 5.97 Å². The van der Waals surface area contributed by atoms with E-state index in [2.05, 4.69) is 34.3 Å². The maximum atomic E-state index is 11.4. The van der Waals surface area contributed by atoms with E-state index < -0.39 is 5.60 Å². The summed E-state index contributed by atoms with van der Waals surface area (Å²) in [6.45, 7) is 14.0. The molecule has 0 aliphatic heterocycles. The Morgan fingerprint density at radius 2 is 1.76 bits per heavy atom. The van der Waals surface area contributed by atoms with Gasteiger partial charge in [-0.1, -0.05) is 53.5 Å². The van der Waals surface area contributed by atoms with E-state index in [1.807, 2.05) is 6.92 Å². The Morgan fingerprint density at radius 3 is 2.18 bits per heavy atom. The summed E-state index contributed by atoms with van der Waals surface area (Å²) in [7, 11) is 0. The highest BCUT2D eigenvalue weighted by atomic mass is 16.6. The third-order valence-corrected chi connectivity index (χ3v) is 3.59. The molecule has 1 unspecified atom stereocenters. The molecule has 2 nitrogen and oxygen atoms in total. The summed E-state index contributed by atoms with van der Waals surface area (Å²) in [6, 6.07) is 0. The number of hydrogen-bond acceptors (Lipinski definition) is 2. The lowest BCUT2D eigenvalue weighted by Crippen LogP contribution is -2.44. The van der Waals surface area contributed by atoms with E-state index in [9.17, 15) is 4.79 Å². The molecular weight excluding hydrogens is 212 g/mol. The number of carbonyl (C=O) groups excluding carboxylic acids is 1. The molecule has 0 saturated heterocycles. The van der Waals surface area contributed by atoms with Crippen LogP contribution in [-0.4, -0.2) is 11.6 Å². The van der Waals surface area contributed by atoms with Gasteiger partial charge in [0.15, 0.2) is 0 Å². The summed E-state index contributed by atoms with van der Waals surface area (Å²) < 4.78 is 5.57. The smallest absolute Gasteiger partial charge is 0.330 e. The molecule has 100 valence electrons. The first-order chi connectivity index (χ1) is 7.77. The van der Waals surface area contributed by atoms with Crippen LogP contribution in [0.4, 0.5) is 0 Å². The highest BCUT2D eigenvalue weighted by Gasteiger charge is 2.40. The molecule has 0 aromatic heterocycles. The molecule has 0 aliphatic carbocycles. The fourth-order valence-corrected chi connectivity index (χ4v) is 1.73. The molecule has 0 rings (SSSR count). The van der Waals surface area contributed by atoms with E-state index in [1.165, 1.54) is 25.3 Å². The van der Waals surface area contributed by atoms with Gasteiger partial charge in [0.2, 0.25) is 0 Å². The van der Waals surface area contributed by atoms with Gasteiger partial charge in [0, 0.05) is 11.5 Å². The molecule has 2 heteroatoms. The van der Waals surface area contributed by atoms with Gasteiger partial charge in [0.1, 0.15) is 5.60 Å². The zero-order chi connectivity index (χ0) is 13.5. The van der Waals surface area contributed by atoms with Gasteiger partial charge in [-0.3, -0.25) is 0 Å². The summed E-state index contributed by atoms with van der Waals surface area (Å²) in [5, 5.41) is 0. The average molecular weight is 240 g/mol. The average Bonchev–Trinajstić information content (AvgIpc) is 2.22. The Balaban J connectivity index is 4.51. The molecule has 0 fully saturated rings. The van der Waals surface area contributed by atoms with Crippen LogP contribution in [0.5, 0.6) is 0 Å². The molecular formula is C15H28O2. The summed E-state index contributed by atoms with van der Waals surface area (Å²) in [5.74, 6) is -0.321. The number of ether oxygens (including phenoxy) is 1. The van der Waals surface area contributed by atoms with Gasteiger partial charge in [0.05, 0.1) is 0 Å². The molecule has 0 bridgehead atoms. The van der Waals surface area contributed by atoms with Crippen molar-refractivity contribution in [1.29, 1.82) is 0 Å². The molecule has 0 saturated carbocycles. The standard InChI is InChI=1S/C15H28O2/c1-7-9-10-11-12-15(6,14(3,4)5)17-13(16)8-2/h8H,2,7,9-12H2,1,3-6H3. The van der Waals surface area contributed by atoms with Gasteiger partial charge in [0.25, 0.3) is 0 Å². The van der Waals surface area contributed by atoms with Crippen LogP contribution in [0.25, 0.3) is 0 Å². The Labute approximate surface area is 106 Å². The Kier molecular flexibility index (Phi) is 6.51. The van der Waals surface area contributed by atoms with Crippen molar-refractivity contribution < 1.29 is 9.53 Å². The maximum absolute atomic E-state index is 11.4. The Hall–Kier alpha value is -0.790. The van der Waals surface area contributed by atoms with E-state index in [4.69, 9.17) is 4.74 Å². The van der Waals surface area contributed by atoms with Crippen molar-refractivity contribution in [3.63, 3.8) is 0 Å². The fraction of sp³-hybridized carbons (Fsp3) is 0.800. The quantitative estimate of drug-likeness (QED) is 0.372. The fourth-order valence-electron chi connectivity index (χ4n) is 1.73. The van der Waals surface area contributed by atoms with Crippen molar-refractivity contribution in [2.75, 3.05) is 0 Å². The van der Waals surface area contributed by atoms with Gasteiger partial charge >= 0.3 is 5.97 Å². The van der Waals surface area contributed by atoms with Crippen molar-refractivity contribution in [1.82, 2.24) is 0 Å². The number of carbonyl (C=O) groups is 1. The first-order valence-electron chi connectivity index (χ1n) is 6.62. The van der Waals surface area contributed by atoms with Crippen molar-refractivity contribution in [3.05, 3.63) is 12.7 Å². The largest absolute Gasteiger partial charge is 0.456 e. The van der Waals surface area contributed by atoms with Crippen LogP contribution in [0.1, 0.15) is 66.7 Å². The number of rotatable bonds is 7. The molecule has 0 radical (unpaired) electrons. The molecule has 17 heavy (non-hydrogen) atoms. The van der Waals surface area contributed by atoms with Crippen LogP contribution in [-0.2, 0) is 9.53 Å². The first kappa shape index (κ1) is 16.2. The second kappa shape index (κ2) is 6.83. The Morgan fingerprint density at radius 1 is 1.18 bits per heavy atom. The second-order valence-corrected chi connectivity index (χ2v) is 5.92. The highest BCUT2D eigenvalue weighted by molar-refractivity contribution is 5.81. The first-order valence-corrected chi connectivity index (χ1v) is 6.62. The SMILES string of the molecule is C=CC(=O)OC(C)(CCCCCC)C(C)(C)C. The minimum absolute atomic E-state index is 0.0577. The maximum Gasteiger partial charge on any atom is 0.330 e. The van der Waals surface area contributed by atoms with Crippen molar-refractivity contribution in [3.8, 4) is 0 Å². The minimum Gasteiger partial charge on any atom is -0.456 e. The molecule has 0 aliphatic rings. The lowest BCUT2D eigenvalue weighted by molar-refractivity contribution is -0.165. The van der Waals surface area contributed by atoms with Crippen LogP contribution >= 0.6 is 0 Å². The summed E-state index contributed by atoms with van der Waals surface area (Å²) in [5.41, 5.74) is -0.468. The van der Waals surface area contributed by atoms with Crippen molar-refractivity contribution in [2.24, 2.45) is 5.41 Å². The van der Waals surface area contributed by atoms with E-state index in [1.54, 1.807) is 0 Å². The molecule has 1 atom stereocenters. The van der Waals surface area contributed by atoms with E-state index >= 15 is 0 Å². The minimum atomic E-state index is -0.411. The van der Waals surface area contributed by atoms with Gasteiger partial charge in [-0.15, -0.1) is 0 Å². The topological polar surface area (TPSA) is 26.3 Å². The van der Waals surface area contributed by atoms with Crippen LogP contribution in [0.3, 0.4) is 0 Å². The number of hydrogen-bond donors (Lipinski definition) is 0. The van der Waals surface area contributed by atoms with Gasteiger partial charge < -0.3 is 4.74 Å². The molecule has 0 aromatic carbocycles. The third-order valence-electron chi connectivity index (χ3n) is 3.59. The summed E-state index contributed by atoms with van der Waals surface area (Å²) in [6.07, 6.45) is 6.93. The monoisotopic (exact) mass is 240 g/mol. The van der Waals surface area contributed by atoms with E-state index in [0.717, 1.165) is 12.8 Å². The van der Waals surface area contributed by atoms with Crippen LogP contribution < -0.4 is 0 Å². The van der Waals surface area contributed by atoms with Gasteiger partial charge in [-0.05, 0) is 19.8 Å². The molecule has 0 heterocycles. The van der Waals surface area contributed by atoms with Gasteiger partial charge in [-0.2, -0.15) is 0 Å². The van der Waals surface area contributed by atoms with E-state index in [0.29, 0.717) is 0 Å². The zero-order valence-corrected chi connectivity index (χ0v) is 12.1. The molecule has 0 amide bonds. The van der Waals surface area contributed by atoms with Crippen molar-refractivity contribution in [2.45, 2.75) is 72.3 Å². The zero-order valence-electron chi connectivity index (χ0n) is 12.1. The van der Waals surface area contributed by atoms with E-state index in [-0.39, 0.29) is 11.4 Å². The Bertz CT molecular complexity index is 250. The van der Waals surface area contributed by atoms with Crippen LogP contribution in [0, 0.1) is 5.41 Å². The lowest BCUT2D eigenvalue weighted by Gasteiger charge is -2.41. The summed E-state index contributed by atoms with van der Waals surface area (Å²) in [4.78, 5) is 11.4. The predicted molar refractivity (Wildman–Crippen MR) is 72.9 cm³/mol. The predicted octanol–water partition coefficient (Wildman–Crippen LogP) is 4.49. The molecule has 0 N–H and O–H groups in total. The molecule has 0 aromatic rings.